The van der Waals surface area contributed by atoms with Gasteiger partial charge in [-0.25, -0.2) is 4.99 Å². The summed E-state index contributed by atoms with van der Waals surface area (Å²) in [5.74, 6) is 0. The van der Waals surface area contributed by atoms with E-state index in [1.165, 1.54) is 37.5 Å². The first-order valence-corrected chi connectivity index (χ1v) is 8.10. The second kappa shape index (κ2) is 6.76. The fraction of sp³-hybridized carbons (Fsp3) is 0.421. The third kappa shape index (κ3) is 3.20. The third-order valence-electron chi connectivity index (χ3n) is 4.34. The molecular weight excluding hydrogens is 270 g/mol. The number of aliphatic imine (C=N–C) groups is 2. The molecule has 1 fully saturated rings. The summed E-state index contributed by atoms with van der Waals surface area (Å²) in [6.07, 6.45) is 6.27. The summed E-state index contributed by atoms with van der Waals surface area (Å²) in [5, 5.41) is 2.35. The molecule has 0 heterocycles. The summed E-state index contributed by atoms with van der Waals surface area (Å²) in [5.41, 5.74) is 2.06. The Morgan fingerprint density at radius 2 is 1.77 bits per heavy atom. The number of benzene rings is 2. The van der Waals surface area contributed by atoms with Gasteiger partial charge in [-0.1, -0.05) is 49.6 Å². The molecule has 0 aromatic heterocycles. The Morgan fingerprint density at radius 3 is 2.55 bits per heavy atom. The van der Waals surface area contributed by atoms with Crippen LogP contribution in [-0.4, -0.2) is 26.1 Å². The van der Waals surface area contributed by atoms with Crippen molar-refractivity contribution in [1.82, 2.24) is 0 Å². The van der Waals surface area contributed by atoms with Crippen molar-refractivity contribution < 1.29 is 0 Å². The molecule has 0 spiro atoms. The molecule has 0 amide bonds. The van der Waals surface area contributed by atoms with Gasteiger partial charge in [-0.05, 0) is 24.3 Å². The van der Waals surface area contributed by atoms with E-state index >= 15 is 0 Å². The molecule has 1 saturated carbocycles. The second-order valence-electron chi connectivity index (χ2n) is 6.18. The smallest absolute Gasteiger partial charge is 0.106 e. The van der Waals surface area contributed by atoms with Crippen LogP contribution in [0.2, 0.25) is 0 Å². The summed E-state index contributed by atoms with van der Waals surface area (Å²) < 4.78 is 0. The van der Waals surface area contributed by atoms with Gasteiger partial charge in [-0.3, -0.25) is 0 Å². The average molecular weight is 293 g/mol. The summed E-state index contributed by atoms with van der Waals surface area (Å²) >= 11 is 0. The maximum atomic E-state index is 4.59. The highest BCUT2D eigenvalue weighted by molar-refractivity contribution is 5.99. The highest BCUT2D eigenvalue weighted by atomic mass is 15.1. The van der Waals surface area contributed by atoms with E-state index in [1.54, 1.807) is 0 Å². The molecule has 0 bridgehead atoms. The van der Waals surface area contributed by atoms with Crippen LogP contribution in [0, 0.1) is 0 Å². The Bertz CT molecular complexity index is 706. The summed E-state index contributed by atoms with van der Waals surface area (Å²) in [6, 6.07) is 16.0. The lowest BCUT2D eigenvalue weighted by molar-refractivity contribution is 0.444. The molecule has 0 unspecified atom stereocenters. The molecule has 22 heavy (non-hydrogen) atoms. The van der Waals surface area contributed by atoms with Crippen LogP contribution in [0.4, 0.5) is 11.4 Å². The molecule has 1 aliphatic carbocycles. The SMILES string of the molecule is CN(C)c1ccc2ccccc2c1N=C=NC1CCCCC1. The third-order valence-corrected chi connectivity index (χ3v) is 4.34. The number of hydrogen-bond donors (Lipinski definition) is 0. The molecule has 1 aliphatic rings. The van der Waals surface area contributed by atoms with Gasteiger partial charge in [0.2, 0.25) is 0 Å². The van der Waals surface area contributed by atoms with Crippen LogP contribution in [0.25, 0.3) is 10.8 Å². The monoisotopic (exact) mass is 293 g/mol. The van der Waals surface area contributed by atoms with Gasteiger partial charge in [0.1, 0.15) is 5.69 Å². The number of anilines is 1. The Labute approximate surface area is 132 Å². The van der Waals surface area contributed by atoms with Crippen molar-refractivity contribution in [3.63, 3.8) is 0 Å². The summed E-state index contributed by atoms with van der Waals surface area (Å²) in [4.78, 5) is 11.2. The van der Waals surface area contributed by atoms with E-state index in [0.717, 1.165) is 16.8 Å². The predicted molar refractivity (Wildman–Crippen MR) is 94.7 cm³/mol. The molecule has 2 aromatic rings. The van der Waals surface area contributed by atoms with Gasteiger partial charge < -0.3 is 4.90 Å². The van der Waals surface area contributed by atoms with Crippen molar-refractivity contribution in [1.29, 1.82) is 0 Å². The molecule has 0 N–H and O–H groups in total. The zero-order valence-electron chi connectivity index (χ0n) is 13.4. The molecule has 0 atom stereocenters. The maximum Gasteiger partial charge on any atom is 0.106 e. The number of hydrogen-bond acceptors (Lipinski definition) is 3. The Hall–Kier alpha value is -2.12. The maximum absolute atomic E-state index is 4.59. The summed E-state index contributed by atoms with van der Waals surface area (Å²) in [6.45, 7) is 0. The Kier molecular flexibility index (Phi) is 4.55. The van der Waals surface area contributed by atoms with Crippen LogP contribution in [0.3, 0.4) is 0 Å². The quantitative estimate of drug-likeness (QED) is 0.728. The van der Waals surface area contributed by atoms with Crippen LogP contribution < -0.4 is 4.90 Å². The molecule has 0 aliphatic heterocycles. The van der Waals surface area contributed by atoms with Crippen LogP contribution in [-0.2, 0) is 0 Å². The molecule has 3 nitrogen and oxygen atoms in total. The van der Waals surface area contributed by atoms with E-state index < -0.39 is 0 Å². The van der Waals surface area contributed by atoms with Gasteiger partial charge in [0.15, 0.2) is 0 Å². The molecule has 0 radical (unpaired) electrons. The van der Waals surface area contributed by atoms with Crippen molar-refractivity contribution in [3.8, 4) is 0 Å². The van der Waals surface area contributed by atoms with Crippen molar-refractivity contribution in [3.05, 3.63) is 36.4 Å². The highest BCUT2D eigenvalue weighted by Crippen LogP contribution is 2.35. The first-order valence-electron chi connectivity index (χ1n) is 8.10. The van der Waals surface area contributed by atoms with Crippen molar-refractivity contribution in [2.45, 2.75) is 38.1 Å². The average Bonchev–Trinajstić information content (AvgIpc) is 2.55. The van der Waals surface area contributed by atoms with Crippen molar-refractivity contribution in [2.75, 3.05) is 19.0 Å². The van der Waals surface area contributed by atoms with E-state index in [2.05, 4.69) is 57.3 Å². The predicted octanol–water partition coefficient (Wildman–Crippen LogP) is 5.04. The second-order valence-corrected chi connectivity index (χ2v) is 6.18. The summed E-state index contributed by atoms with van der Waals surface area (Å²) in [7, 11) is 4.09. The molecular formula is C19H23N3. The van der Waals surface area contributed by atoms with E-state index in [9.17, 15) is 0 Å². The van der Waals surface area contributed by atoms with Crippen LogP contribution >= 0.6 is 0 Å². The van der Waals surface area contributed by atoms with Gasteiger partial charge in [-0.15, -0.1) is 0 Å². The lowest BCUT2D eigenvalue weighted by atomic mass is 9.96. The molecule has 114 valence electrons. The zero-order valence-corrected chi connectivity index (χ0v) is 13.4. The van der Waals surface area contributed by atoms with Gasteiger partial charge >= 0.3 is 0 Å². The van der Waals surface area contributed by atoms with Crippen LogP contribution in [0.15, 0.2) is 46.4 Å². The van der Waals surface area contributed by atoms with Crippen LogP contribution in [0.1, 0.15) is 32.1 Å². The van der Waals surface area contributed by atoms with Gasteiger partial charge in [0, 0.05) is 19.5 Å². The zero-order chi connectivity index (χ0) is 15.4. The largest absolute Gasteiger partial charge is 0.376 e. The van der Waals surface area contributed by atoms with E-state index in [-0.39, 0.29) is 0 Å². The van der Waals surface area contributed by atoms with Crippen molar-refractivity contribution >= 4 is 28.2 Å². The standard InChI is InChI=1S/C19H23N3/c1-22(2)18-13-12-15-8-6-7-11-17(15)19(18)21-14-20-16-9-4-3-5-10-16/h6-8,11-13,16H,3-5,9-10H2,1-2H3. The minimum Gasteiger partial charge on any atom is -0.376 e. The Morgan fingerprint density at radius 1 is 1.00 bits per heavy atom. The van der Waals surface area contributed by atoms with E-state index in [4.69, 9.17) is 0 Å². The van der Waals surface area contributed by atoms with Gasteiger partial charge in [0.25, 0.3) is 0 Å². The van der Waals surface area contributed by atoms with E-state index in [1.807, 2.05) is 14.1 Å². The number of fused-ring (bicyclic) bond motifs is 1. The highest BCUT2D eigenvalue weighted by Gasteiger charge is 2.11. The Balaban J connectivity index is 2.00. The molecule has 3 rings (SSSR count). The minimum atomic E-state index is 0.412. The molecule has 3 heteroatoms. The number of rotatable bonds is 3. The van der Waals surface area contributed by atoms with Gasteiger partial charge in [-0.2, -0.15) is 4.99 Å². The first kappa shape index (κ1) is 14.8. The topological polar surface area (TPSA) is 28.0 Å². The normalized spacial score (nSPS) is 15.4. The molecule has 2 aromatic carbocycles. The minimum absolute atomic E-state index is 0.412. The number of nitrogens with zero attached hydrogens (tertiary/aromatic N) is 3. The van der Waals surface area contributed by atoms with Crippen LogP contribution in [0.5, 0.6) is 0 Å². The lowest BCUT2D eigenvalue weighted by Crippen LogP contribution is -2.09. The first-order chi connectivity index (χ1) is 10.8. The lowest BCUT2D eigenvalue weighted by Gasteiger charge is -2.16. The van der Waals surface area contributed by atoms with E-state index in [0.29, 0.717) is 6.04 Å². The van der Waals surface area contributed by atoms with Crippen molar-refractivity contribution in [2.24, 2.45) is 9.98 Å². The fourth-order valence-electron chi connectivity index (χ4n) is 3.09. The fourth-order valence-corrected chi connectivity index (χ4v) is 3.09. The van der Waals surface area contributed by atoms with Gasteiger partial charge in [0.05, 0.1) is 17.7 Å². The molecule has 0 saturated heterocycles.